The molecule has 0 unspecified atom stereocenters. The van der Waals surface area contributed by atoms with Crippen molar-refractivity contribution < 1.29 is 9.53 Å². The number of hydrogen-bond acceptors (Lipinski definition) is 4. The molecule has 1 aliphatic carbocycles. The number of aromatic amines is 1. The Morgan fingerprint density at radius 1 is 1.13 bits per heavy atom. The van der Waals surface area contributed by atoms with Crippen LogP contribution in [0.2, 0.25) is 5.02 Å². The van der Waals surface area contributed by atoms with Gasteiger partial charge >= 0.3 is 0 Å². The SMILES string of the molecule is COc1ccc(C2=NN(c3ccc4[nH]ncc4c3)C(=O)[C@H]3CC=CC[C@@H]23)cc1Cl.Cl. The molecule has 0 saturated carbocycles. The van der Waals surface area contributed by atoms with Gasteiger partial charge in [0.15, 0.2) is 0 Å². The number of allylic oxidation sites excluding steroid dienone is 2. The van der Waals surface area contributed by atoms with E-state index in [1.54, 1.807) is 13.3 Å². The molecule has 2 aromatic carbocycles. The number of carbonyl (C=O) groups is 1. The zero-order valence-electron chi connectivity index (χ0n) is 16.2. The van der Waals surface area contributed by atoms with E-state index in [1.807, 2.05) is 36.4 Å². The Morgan fingerprint density at radius 3 is 2.70 bits per heavy atom. The highest BCUT2D eigenvalue weighted by molar-refractivity contribution is 6.32. The molecule has 0 spiro atoms. The van der Waals surface area contributed by atoms with E-state index in [2.05, 4.69) is 22.3 Å². The number of nitrogens with one attached hydrogen (secondary N) is 1. The second kappa shape index (κ2) is 8.13. The monoisotopic (exact) mass is 442 g/mol. The van der Waals surface area contributed by atoms with E-state index in [1.165, 1.54) is 5.01 Å². The second-order valence-corrected chi connectivity index (χ2v) is 7.69. The lowest BCUT2D eigenvalue weighted by atomic mass is 9.76. The Morgan fingerprint density at radius 2 is 1.93 bits per heavy atom. The van der Waals surface area contributed by atoms with E-state index in [9.17, 15) is 4.79 Å². The van der Waals surface area contributed by atoms with Crippen LogP contribution in [0.5, 0.6) is 5.75 Å². The predicted octanol–water partition coefficient (Wildman–Crippen LogP) is 4.98. The first-order chi connectivity index (χ1) is 14.2. The van der Waals surface area contributed by atoms with Gasteiger partial charge in [-0.05, 0) is 54.8 Å². The van der Waals surface area contributed by atoms with Gasteiger partial charge in [-0.15, -0.1) is 12.4 Å². The maximum atomic E-state index is 13.3. The molecule has 1 aliphatic heterocycles. The first kappa shape index (κ1) is 20.4. The summed E-state index contributed by atoms with van der Waals surface area (Å²) >= 11 is 6.37. The van der Waals surface area contributed by atoms with Gasteiger partial charge in [-0.3, -0.25) is 9.89 Å². The summed E-state index contributed by atoms with van der Waals surface area (Å²) in [6.45, 7) is 0. The summed E-state index contributed by atoms with van der Waals surface area (Å²) in [6.07, 6.45) is 7.44. The summed E-state index contributed by atoms with van der Waals surface area (Å²) in [7, 11) is 1.59. The molecule has 0 saturated heterocycles. The molecule has 1 N–H and O–H groups in total. The Labute approximate surface area is 185 Å². The molecule has 30 heavy (non-hydrogen) atoms. The third kappa shape index (κ3) is 3.36. The molecule has 2 aliphatic rings. The number of aromatic nitrogens is 2. The van der Waals surface area contributed by atoms with Crippen molar-refractivity contribution in [1.29, 1.82) is 0 Å². The zero-order chi connectivity index (χ0) is 20.0. The highest BCUT2D eigenvalue weighted by Crippen LogP contribution is 2.38. The molecule has 0 fully saturated rings. The minimum atomic E-state index is -0.145. The number of rotatable bonds is 3. The van der Waals surface area contributed by atoms with Crippen LogP contribution in [0.4, 0.5) is 5.69 Å². The van der Waals surface area contributed by atoms with Gasteiger partial charge in [-0.2, -0.15) is 10.2 Å². The number of fused-ring (bicyclic) bond motifs is 2. The fourth-order valence-electron chi connectivity index (χ4n) is 4.12. The first-order valence-electron chi connectivity index (χ1n) is 9.50. The van der Waals surface area contributed by atoms with E-state index < -0.39 is 0 Å². The van der Waals surface area contributed by atoms with Gasteiger partial charge in [-0.1, -0.05) is 23.8 Å². The smallest absolute Gasteiger partial charge is 0.251 e. The van der Waals surface area contributed by atoms with E-state index >= 15 is 0 Å². The summed E-state index contributed by atoms with van der Waals surface area (Å²) in [4.78, 5) is 13.3. The van der Waals surface area contributed by atoms with Crippen LogP contribution in [0.1, 0.15) is 18.4 Å². The summed E-state index contributed by atoms with van der Waals surface area (Å²) < 4.78 is 5.28. The fourth-order valence-corrected chi connectivity index (χ4v) is 4.38. The van der Waals surface area contributed by atoms with E-state index in [0.717, 1.165) is 34.3 Å². The van der Waals surface area contributed by atoms with E-state index in [0.29, 0.717) is 17.2 Å². The molecule has 1 amide bonds. The van der Waals surface area contributed by atoms with Crippen LogP contribution in [0.3, 0.4) is 0 Å². The molecule has 8 heteroatoms. The van der Waals surface area contributed by atoms with Crippen molar-refractivity contribution in [2.75, 3.05) is 12.1 Å². The topological polar surface area (TPSA) is 70.6 Å². The molecule has 0 radical (unpaired) electrons. The number of H-pyrrole nitrogens is 1. The van der Waals surface area contributed by atoms with Crippen molar-refractivity contribution in [3.8, 4) is 5.75 Å². The molecule has 1 aromatic heterocycles. The molecule has 154 valence electrons. The highest BCUT2D eigenvalue weighted by Gasteiger charge is 2.40. The molecule has 3 aromatic rings. The zero-order valence-corrected chi connectivity index (χ0v) is 17.8. The number of hydrogen-bond donors (Lipinski definition) is 1. The van der Waals surface area contributed by atoms with Crippen molar-refractivity contribution in [3.63, 3.8) is 0 Å². The minimum Gasteiger partial charge on any atom is -0.495 e. The molecule has 6 nitrogen and oxygen atoms in total. The second-order valence-electron chi connectivity index (χ2n) is 7.28. The standard InChI is InChI=1S/C22H19ClN4O2.ClH/c1-29-20-9-6-13(11-18(20)23)21-16-4-2-3-5-17(16)22(28)27(26-21)15-7-8-19-14(10-15)12-24-25-19;/h2-3,6-12,16-17H,4-5H2,1H3,(H,24,25);1H/t16-,17+;/m1./s1. The number of hydrazone groups is 1. The fraction of sp³-hybridized carbons (Fsp3) is 0.227. The van der Waals surface area contributed by atoms with Crippen LogP contribution in [0.25, 0.3) is 10.9 Å². The van der Waals surface area contributed by atoms with Crippen molar-refractivity contribution >= 4 is 52.2 Å². The van der Waals surface area contributed by atoms with Crippen molar-refractivity contribution in [3.05, 3.63) is 65.3 Å². The third-order valence-electron chi connectivity index (χ3n) is 5.63. The molecule has 0 bridgehead atoms. The van der Waals surface area contributed by atoms with Crippen LogP contribution in [-0.2, 0) is 4.79 Å². The van der Waals surface area contributed by atoms with Crippen LogP contribution < -0.4 is 9.75 Å². The number of carbonyl (C=O) groups excluding carboxylic acids is 1. The van der Waals surface area contributed by atoms with Gasteiger partial charge in [0, 0.05) is 11.3 Å². The lowest BCUT2D eigenvalue weighted by molar-refractivity contribution is -0.123. The number of amides is 1. The molecular formula is C22H20Cl2N4O2. The normalized spacial score (nSPS) is 20.5. The molecular weight excluding hydrogens is 423 g/mol. The summed E-state index contributed by atoms with van der Waals surface area (Å²) in [5, 5.41) is 14.8. The Kier molecular flexibility index (Phi) is 5.54. The van der Waals surface area contributed by atoms with Crippen LogP contribution >= 0.6 is 24.0 Å². The van der Waals surface area contributed by atoms with Crippen LogP contribution in [-0.4, -0.2) is 28.9 Å². The van der Waals surface area contributed by atoms with Gasteiger partial charge in [0.25, 0.3) is 5.91 Å². The van der Waals surface area contributed by atoms with E-state index in [4.69, 9.17) is 21.4 Å². The van der Waals surface area contributed by atoms with Crippen molar-refractivity contribution in [1.82, 2.24) is 10.2 Å². The number of methoxy groups -OCH3 is 1. The number of nitrogens with zero attached hydrogens (tertiary/aromatic N) is 3. The maximum Gasteiger partial charge on any atom is 0.251 e. The molecule has 5 rings (SSSR count). The van der Waals surface area contributed by atoms with Gasteiger partial charge in [-0.25, -0.2) is 5.01 Å². The first-order valence-corrected chi connectivity index (χ1v) is 9.88. The van der Waals surface area contributed by atoms with E-state index in [-0.39, 0.29) is 30.2 Å². The summed E-state index contributed by atoms with van der Waals surface area (Å²) in [6, 6.07) is 11.4. The Balaban J connectivity index is 0.00000218. The number of halogens is 2. The number of anilines is 1. The quantitative estimate of drug-likeness (QED) is 0.581. The van der Waals surface area contributed by atoms with Gasteiger partial charge < -0.3 is 4.74 Å². The summed E-state index contributed by atoms with van der Waals surface area (Å²) in [5.41, 5.74) is 3.43. The maximum absolute atomic E-state index is 13.3. The van der Waals surface area contributed by atoms with Crippen molar-refractivity contribution in [2.45, 2.75) is 12.8 Å². The average molecular weight is 443 g/mol. The third-order valence-corrected chi connectivity index (χ3v) is 5.93. The summed E-state index contributed by atoms with van der Waals surface area (Å²) in [5.74, 6) is 0.523. The lowest BCUT2D eigenvalue weighted by Gasteiger charge is -2.37. The minimum absolute atomic E-state index is 0. The molecule has 2 heterocycles. The van der Waals surface area contributed by atoms with Gasteiger partial charge in [0.05, 0.1) is 41.2 Å². The molecule has 2 atom stereocenters. The van der Waals surface area contributed by atoms with Crippen LogP contribution in [0, 0.1) is 11.8 Å². The predicted molar refractivity (Wildman–Crippen MR) is 121 cm³/mol. The highest BCUT2D eigenvalue weighted by atomic mass is 35.5. The Hall–Kier alpha value is -2.83. The largest absolute Gasteiger partial charge is 0.495 e. The van der Waals surface area contributed by atoms with Gasteiger partial charge in [0.1, 0.15) is 5.75 Å². The van der Waals surface area contributed by atoms with Crippen LogP contribution in [0.15, 0.2) is 59.8 Å². The Bertz CT molecular complexity index is 1170. The number of benzene rings is 2. The van der Waals surface area contributed by atoms with Gasteiger partial charge in [0.2, 0.25) is 0 Å². The average Bonchev–Trinajstić information content (AvgIpc) is 3.22. The van der Waals surface area contributed by atoms with Crippen molar-refractivity contribution in [2.24, 2.45) is 16.9 Å². The number of ether oxygens (including phenoxy) is 1. The lowest BCUT2D eigenvalue weighted by Crippen LogP contribution is -2.45.